The first-order valence-corrected chi connectivity index (χ1v) is 13.9. The van der Waals surface area contributed by atoms with Crippen LogP contribution in [0.4, 0.5) is 0 Å². The number of nitrogens with one attached hydrogen (secondary N) is 1. The number of carbonyl (C=O) groups is 2. The minimum atomic E-state index is -0.558. The Bertz CT molecular complexity index is 1010. The van der Waals surface area contributed by atoms with E-state index in [-0.39, 0.29) is 17.9 Å². The number of ether oxygens (including phenoxy) is 2. The molecule has 7 heteroatoms. The van der Waals surface area contributed by atoms with Crippen LogP contribution < -0.4 is 14.8 Å². The van der Waals surface area contributed by atoms with Gasteiger partial charge in [-0.25, -0.2) is 0 Å². The van der Waals surface area contributed by atoms with E-state index in [1.54, 1.807) is 4.90 Å². The van der Waals surface area contributed by atoms with Crippen LogP contribution in [0.1, 0.15) is 70.4 Å². The van der Waals surface area contributed by atoms with Gasteiger partial charge in [-0.05, 0) is 75.4 Å². The van der Waals surface area contributed by atoms with Crippen molar-refractivity contribution in [1.82, 2.24) is 10.2 Å². The Labute approximate surface area is 223 Å². The van der Waals surface area contributed by atoms with Gasteiger partial charge in [0.15, 0.2) is 11.5 Å². The SMILES string of the molecule is CCOc1ccc(CCC(=O)N(Cc2cccc(Br)c2)[C@@H](C)C(=O)NC2CCCCC2)cc1OCC. The van der Waals surface area contributed by atoms with E-state index in [0.717, 1.165) is 41.3 Å². The van der Waals surface area contributed by atoms with Crippen LogP contribution in [-0.4, -0.2) is 42.0 Å². The lowest BCUT2D eigenvalue weighted by Gasteiger charge is -2.31. The highest BCUT2D eigenvalue weighted by molar-refractivity contribution is 9.10. The van der Waals surface area contributed by atoms with Crippen LogP contribution in [0.2, 0.25) is 0 Å². The Morgan fingerprint density at radius 1 is 1.00 bits per heavy atom. The highest BCUT2D eigenvalue weighted by atomic mass is 79.9. The van der Waals surface area contributed by atoms with E-state index in [0.29, 0.717) is 44.1 Å². The van der Waals surface area contributed by atoms with Gasteiger partial charge in [0, 0.05) is 23.5 Å². The topological polar surface area (TPSA) is 67.9 Å². The lowest BCUT2D eigenvalue weighted by Crippen LogP contribution is -2.50. The highest BCUT2D eigenvalue weighted by Crippen LogP contribution is 2.29. The first-order valence-electron chi connectivity index (χ1n) is 13.1. The second-order valence-electron chi connectivity index (χ2n) is 9.32. The van der Waals surface area contributed by atoms with E-state index in [1.165, 1.54) is 6.42 Å². The molecule has 196 valence electrons. The van der Waals surface area contributed by atoms with Crippen LogP contribution in [0, 0.1) is 0 Å². The number of nitrogens with zero attached hydrogens (tertiary/aromatic N) is 1. The summed E-state index contributed by atoms with van der Waals surface area (Å²) in [5, 5.41) is 3.19. The fraction of sp³-hybridized carbons (Fsp3) is 0.517. The van der Waals surface area contributed by atoms with Crippen molar-refractivity contribution in [3.8, 4) is 11.5 Å². The fourth-order valence-corrected chi connectivity index (χ4v) is 5.08. The molecule has 1 aliphatic carbocycles. The Morgan fingerprint density at radius 2 is 1.72 bits per heavy atom. The molecule has 1 N–H and O–H groups in total. The summed E-state index contributed by atoms with van der Waals surface area (Å²) < 4.78 is 12.3. The molecular formula is C29H39BrN2O4. The molecule has 0 spiro atoms. The van der Waals surface area contributed by atoms with Gasteiger partial charge in [0.2, 0.25) is 11.8 Å². The van der Waals surface area contributed by atoms with Crippen molar-refractivity contribution in [1.29, 1.82) is 0 Å². The molecule has 0 aliphatic heterocycles. The molecule has 0 radical (unpaired) electrons. The van der Waals surface area contributed by atoms with Crippen LogP contribution in [0.15, 0.2) is 46.9 Å². The third kappa shape index (κ3) is 8.26. The summed E-state index contributed by atoms with van der Waals surface area (Å²) in [4.78, 5) is 28.4. The maximum atomic E-state index is 13.5. The van der Waals surface area contributed by atoms with Crippen molar-refractivity contribution in [3.63, 3.8) is 0 Å². The first-order chi connectivity index (χ1) is 17.4. The summed E-state index contributed by atoms with van der Waals surface area (Å²) in [6.45, 7) is 7.18. The van der Waals surface area contributed by atoms with Crippen molar-refractivity contribution in [2.45, 2.75) is 84.3 Å². The summed E-state index contributed by atoms with van der Waals surface area (Å²) >= 11 is 3.51. The molecule has 1 saturated carbocycles. The molecule has 0 bridgehead atoms. The van der Waals surface area contributed by atoms with Crippen molar-refractivity contribution in [3.05, 3.63) is 58.1 Å². The minimum absolute atomic E-state index is 0.0480. The van der Waals surface area contributed by atoms with E-state index in [4.69, 9.17) is 9.47 Å². The molecule has 1 fully saturated rings. The first kappa shape index (κ1) is 28.0. The summed E-state index contributed by atoms with van der Waals surface area (Å²) in [7, 11) is 0. The smallest absolute Gasteiger partial charge is 0.242 e. The van der Waals surface area contributed by atoms with Crippen LogP contribution in [0.25, 0.3) is 0 Å². The van der Waals surface area contributed by atoms with Crippen LogP contribution >= 0.6 is 15.9 Å². The number of halogens is 1. The van der Waals surface area contributed by atoms with Gasteiger partial charge in [-0.1, -0.05) is 53.4 Å². The zero-order valence-corrected chi connectivity index (χ0v) is 23.3. The van der Waals surface area contributed by atoms with Crippen molar-refractivity contribution in [2.75, 3.05) is 13.2 Å². The molecular weight excluding hydrogens is 520 g/mol. The molecule has 0 heterocycles. The molecule has 1 atom stereocenters. The van der Waals surface area contributed by atoms with Gasteiger partial charge in [-0.15, -0.1) is 0 Å². The lowest BCUT2D eigenvalue weighted by molar-refractivity contribution is -0.141. The molecule has 2 aromatic rings. The predicted octanol–water partition coefficient (Wildman–Crippen LogP) is 6.05. The standard InChI is InChI=1S/C29H39BrN2O4/c1-4-35-26-16-14-22(19-27(26)36-5-2)15-17-28(33)32(20-23-10-9-11-24(30)18-23)21(3)29(34)31-25-12-7-6-8-13-25/h9-11,14,16,18-19,21,25H,4-8,12-13,15,17,20H2,1-3H3,(H,31,34)/t21-/m0/s1. The Morgan fingerprint density at radius 3 is 2.42 bits per heavy atom. The zero-order valence-electron chi connectivity index (χ0n) is 21.7. The van der Waals surface area contributed by atoms with Crippen molar-refractivity contribution < 1.29 is 19.1 Å². The third-order valence-electron chi connectivity index (χ3n) is 6.60. The molecule has 0 unspecified atom stereocenters. The van der Waals surface area contributed by atoms with Crippen LogP contribution in [0.5, 0.6) is 11.5 Å². The van der Waals surface area contributed by atoms with E-state index in [1.807, 2.05) is 63.2 Å². The summed E-state index contributed by atoms with van der Waals surface area (Å²) in [6.07, 6.45) is 6.39. The van der Waals surface area contributed by atoms with Gasteiger partial charge < -0.3 is 19.7 Å². The largest absolute Gasteiger partial charge is 0.490 e. The number of rotatable bonds is 12. The van der Waals surface area contributed by atoms with Crippen molar-refractivity contribution >= 4 is 27.7 Å². The molecule has 0 aromatic heterocycles. The Balaban J connectivity index is 1.72. The van der Waals surface area contributed by atoms with Gasteiger partial charge in [0.05, 0.1) is 13.2 Å². The summed E-state index contributed by atoms with van der Waals surface area (Å²) in [5.41, 5.74) is 1.98. The number of aryl methyl sites for hydroxylation is 1. The summed E-state index contributed by atoms with van der Waals surface area (Å²) in [6, 6.07) is 13.3. The quantitative estimate of drug-likeness (QED) is 0.344. The van der Waals surface area contributed by atoms with Gasteiger partial charge >= 0.3 is 0 Å². The Kier molecular flexibility index (Phi) is 11.1. The highest BCUT2D eigenvalue weighted by Gasteiger charge is 2.28. The van der Waals surface area contributed by atoms with Gasteiger partial charge in [0.25, 0.3) is 0 Å². The van der Waals surface area contributed by atoms with Crippen LogP contribution in [-0.2, 0) is 22.6 Å². The van der Waals surface area contributed by atoms with E-state index < -0.39 is 6.04 Å². The number of amides is 2. The molecule has 36 heavy (non-hydrogen) atoms. The normalized spacial score (nSPS) is 14.7. The second kappa shape index (κ2) is 14.3. The third-order valence-corrected chi connectivity index (χ3v) is 7.09. The van der Waals surface area contributed by atoms with E-state index in [2.05, 4.69) is 21.2 Å². The monoisotopic (exact) mass is 558 g/mol. The predicted molar refractivity (Wildman–Crippen MR) is 146 cm³/mol. The van der Waals surface area contributed by atoms with Gasteiger partial charge in [-0.2, -0.15) is 0 Å². The van der Waals surface area contributed by atoms with E-state index >= 15 is 0 Å². The van der Waals surface area contributed by atoms with Crippen LogP contribution in [0.3, 0.4) is 0 Å². The molecule has 1 aliphatic rings. The average Bonchev–Trinajstić information content (AvgIpc) is 2.87. The molecule has 6 nitrogen and oxygen atoms in total. The second-order valence-corrected chi connectivity index (χ2v) is 10.2. The lowest BCUT2D eigenvalue weighted by atomic mass is 9.95. The molecule has 2 amide bonds. The minimum Gasteiger partial charge on any atom is -0.490 e. The molecule has 2 aromatic carbocycles. The van der Waals surface area contributed by atoms with E-state index in [9.17, 15) is 9.59 Å². The number of hydrogen-bond donors (Lipinski definition) is 1. The molecule has 3 rings (SSSR count). The Hall–Kier alpha value is -2.54. The fourth-order valence-electron chi connectivity index (χ4n) is 4.63. The number of benzene rings is 2. The van der Waals surface area contributed by atoms with Gasteiger partial charge in [0.1, 0.15) is 6.04 Å². The maximum absolute atomic E-state index is 13.5. The average molecular weight is 560 g/mol. The molecule has 0 saturated heterocycles. The summed E-state index contributed by atoms with van der Waals surface area (Å²) in [5.74, 6) is 1.27. The van der Waals surface area contributed by atoms with Gasteiger partial charge in [-0.3, -0.25) is 9.59 Å². The van der Waals surface area contributed by atoms with Crippen molar-refractivity contribution in [2.24, 2.45) is 0 Å². The number of hydrogen-bond acceptors (Lipinski definition) is 4. The maximum Gasteiger partial charge on any atom is 0.242 e. The number of carbonyl (C=O) groups excluding carboxylic acids is 2. The zero-order chi connectivity index (χ0) is 25.9.